The Labute approximate surface area is 128 Å². The van der Waals surface area contributed by atoms with Crippen LogP contribution < -0.4 is 11.2 Å². The number of nitrogens with zero attached hydrogens (tertiary/aromatic N) is 3. The van der Waals surface area contributed by atoms with Gasteiger partial charge in [0.25, 0.3) is 5.91 Å². The van der Waals surface area contributed by atoms with Gasteiger partial charge in [0.05, 0.1) is 12.0 Å². The molecule has 0 aliphatic rings. The van der Waals surface area contributed by atoms with Gasteiger partial charge in [-0.3, -0.25) is 4.79 Å². The van der Waals surface area contributed by atoms with Crippen LogP contribution in [0.15, 0.2) is 33.7 Å². The van der Waals surface area contributed by atoms with Crippen molar-refractivity contribution in [3.8, 4) is 0 Å². The van der Waals surface area contributed by atoms with Crippen LogP contribution in [0.2, 0.25) is 5.02 Å². The number of carbonyl (C=O) groups is 1. The maximum atomic E-state index is 11.5. The number of hydrogen-bond acceptors (Lipinski definition) is 7. The van der Waals surface area contributed by atoms with Crippen molar-refractivity contribution in [3.05, 3.63) is 34.9 Å². The summed E-state index contributed by atoms with van der Waals surface area (Å²) in [4.78, 5) is 11.5. The molecule has 0 aliphatic heterocycles. The van der Waals surface area contributed by atoms with Crippen LogP contribution in [-0.4, -0.2) is 28.1 Å². The maximum Gasteiger partial charge on any atom is 0.250 e. The molecule has 104 valence electrons. The Bertz CT molecular complexity index is 631. The van der Waals surface area contributed by atoms with E-state index in [1.54, 1.807) is 12.1 Å². The van der Waals surface area contributed by atoms with E-state index in [9.17, 15) is 4.79 Å². The summed E-state index contributed by atoms with van der Waals surface area (Å²) in [6, 6.07) is 7.21. The lowest BCUT2D eigenvalue weighted by Gasteiger charge is -1.98. The minimum atomic E-state index is -0.243. The molecule has 0 saturated carbocycles. The largest absolute Gasteiger partial charge is 0.374 e. The predicted molar refractivity (Wildman–Crippen MR) is 82.2 cm³/mol. The van der Waals surface area contributed by atoms with Crippen molar-refractivity contribution in [3.63, 3.8) is 0 Å². The van der Waals surface area contributed by atoms with E-state index in [2.05, 4.69) is 20.7 Å². The third-order valence-corrected chi connectivity index (χ3v) is 4.28. The fraction of sp³-hybridized carbons (Fsp3) is 0.0909. The topological polar surface area (TPSA) is 93.3 Å². The fourth-order valence-electron chi connectivity index (χ4n) is 1.19. The van der Waals surface area contributed by atoms with E-state index in [1.165, 1.54) is 29.3 Å². The second-order valence-corrected chi connectivity index (χ2v) is 6.15. The molecule has 9 heteroatoms. The summed E-state index contributed by atoms with van der Waals surface area (Å²) in [5, 5.41) is 12.2. The lowest BCUT2D eigenvalue weighted by Crippen LogP contribution is -2.19. The second-order valence-electron chi connectivity index (χ2n) is 3.51. The zero-order valence-electron chi connectivity index (χ0n) is 10.1. The average molecular weight is 328 g/mol. The highest BCUT2D eigenvalue weighted by atomic mass is 35.5. The number of rotatable bonds is 5. The summed E-state index contributed by atoms with van der Waals surface area (Å²) >= 11 is 8.44. The molecule has 2 aromatic rings. The Kier molecular flexibility index (Phi) is 5.33. The number of nitrogen functional groups attached to an aromatic ring is 1. The molecule has 0 fully saturated rings. The summed E-state index contributed by atoms with van der Waals surface area (Å²) in [6.45, 7) is 0. The number of anilines is 1. The van der Waals surface area contributed by atoms with E-state index >= 15 is 0 Å². The number of amides is 1. The first-order chi connectivity index (χ1) is 9.65. The minimum Gasteiger partial charge on any atom is -0.374 e. The number of thioether (sulfide) groups is 1. The van der Waals surface area contributed by atoms with Crippen molar-refractivity contribution in [2.75, 3.05) is 11.5 Å². The Morgan fingerprint density at radius 2 is 2.30 bits per heavy atom. The Morgan fingerprint density at radius 3 is 3.00 bits per heavy atom. The van der Waals surface area contributed by atoms with Crippen LogP contribution in [0, 0.1) is 0 Å². The highest BCUT2D eigenvalue weighted by molar-refractivity contribution is 8.01. The molecule has 6 nitrogen and oxygen atoms in total. The first-order valence-corrected chi connectivity index (χ1v) is 7.61. The van der Waals surface area contributed by atoms with Gasteiger partial charge < -0.3 is 5.73 Å². The van der Waals surface area contributed by atoms with Crippen LogP contribution in [-0.2, 0) is 4.79 Å². The third-order valence-electron chi connectivity index (χ3n) is 2.05. The van der Waals surface area contributed by atoms with Crippen LogP contribution in [0.25, 0.3) is 0 Å². The highest BCUT2D eigenvalue weighted by Gasteiger charge is 2.05. The molecular formula is C11H10ClN5OS2. The van der Waals surface area contributed by atoms with E-state index in [1.807, 2.05) is 12.1 Å². The number of hydrogen-bond donors (Lipinski definition) is 2. The van der Waals surface area contributed by atoms with Gasteiger partial charge in [-0.15, -0.1) is 10.2 Å². The highest BCUT2D eigenvalue weighted by Crippen LogP contribution is 2.22. The monoisotopic (exact) mass is 327 g/mol. The standard InChI is InChI=1S/C11H10ClN5OS2/c12-8-4-2-1-3-7(8)5-14-15-9(18)6-19-11-17-16-10(13)20-11/h1-5H,6H2,(H2,13,16)(H,15,18). The molecule has 20 heavy (non-hydrogen) atoms. The van der Waals surface area contributed by atoms with Gasteiger partial charge >= 0.3 is 0 Å². The van der Waals surface area contributed by atoms with E-state index in [0.717, 1.165) is 5.56 Å². The molecule has 1 amide bonds. The average Bonchev–Trinajstić information content (AvgIpc) is 2.84. The summed E-state index contributed by atoms with van der Waals surface area (Å²) < 4.78 is 0.646. The van der Waals surface area contributed by atoms with Crippen LogP contribution >= 0.6 is 34.7 Å². The minimum absolute atomic E-state index is 0.189. The molecule has 0 aliphatic carbocycles. The van der Waals surface area contributed by atoms with Gasteiger partial charge in [0.15, 0.2) is 4.34 Å². The van der Waals surface area contributed by atoms with Gasteiger partial charge in [-0.25, -0.2) is 5.43 Å². The molecule has 0 spiro atoms. The Morgan fingerprint density at radius 1 is 1.50 bits per heavy atom. The molecule has 1 heterocycles. The predicted octanol–water partition coefficient (Wildman–Crippen LogP) is 2.02. The van der Waals surface area contributed by atoms with Crippen molar-refractivity contribution >= 4 is 52.0 Å². The Hall–Kier alpha value is -1.64. The number of benzene rings is 1. The van der Waals surface area contributed by atoms with Gasteiger partial charge in [-0.1, -0.05) is 52.9 Å². The molecule has 0 radical (unpaired) electrons. The maximum absolute atomic E-state index is 11.5. The van der Waals surface area contributed by atoms with Crippen molar-refractivity contribution < 1.29 is 4.79 Å². The molecule has 1 aromatic heterocycles. The third kappa shape index (κ3) is 4.48. The zero-order chi connectivity index (χ0) is 14.4. The summed E-state index contributed by atoms with van der Waals surface area (Å²) in [7, 11) is 0. The van der Waals surface area contributed by atoms with Crippen molar-refractivity contribution in [1.82, 2.24) is 15.6 Å². The summed E-state index contributed by atoms with van der Waals surface area (Å²) in [5.74, 6) is -0.0545. The summed E-state index contributed by atoms with van der Waals surface area (Å²) in [6.07, 6.45) is 1.49. The van der Waals surface area contributed by atoms with Gasteiger partial charge in [0.2, 0.25) is 5.13 Å². The molecule has 0 saturated heterocycles. The van der Waals surface area contributed by atoms with Gasteiger partial charge in [0, 0.05) is 10.6 Å². The number of nitrogens with two attached hydrogens (primary N) is 1. The molecule has 0 bridgehead atoms. The first kappa shape index (κ1) is 14.8. The van der Waals surface area contributed by atoms with Gasteiger partial charge in [-0.2, -0.15) is 5.10 Å². The number of halogens is 1. The first-order valence-electron chi connectivity index (χ1n) is 5.43. The van der Waals surface area contributed by atoms with Crippen molar-refractivity contribution in [2.24, 2.45) is 5.10 Å². The molecule has 0 atom stereocenters. The number of aromatic nitrogens is 2. The molecule has 1 aromatic carbocycles. The normalized spacial score (nSPS) is 10.8. The molecule has 2 rings (SSSR count). The van der Waals surface area contributed by atoms with Crippen LogP contribution in [0.5, 0.6) is 0 Å². The quantitative estimate of drug-likeness (QED) is 0.498. The Balaban J connectivity index is 1.79. The SMILES string of the molecule is Nc1nnc(SCC(=O)NN=Cc2ccccc2Cl)s1. The smallest absolute Gasteiger partial charge is 0.250 e. The molecule has 3 N–H and O–H groups in total. The van der Waals surface area contributed by atoms with E-state index in [0.29, 0.717) is 14.5 Å². The molecule has 0 unspecified atom stereocenters. The van der Waals surface area contributed by atoms with E-state index in [4.69, 9.17) is 17.3 Å². The van der Waals surface area contributed by atoms with E-state index in [-0.39, 0.29) is 11.7 Å². The van der Waals surface area contributed by atoms with Crippen LogP contribution in [0.3, 0.4) is 0 Å². The van der Waals surface area contributed by atoms with Crippen LogP contribution in [0.1, 0.15) is 5.56 Å². The molecular weight excluding hydrogens is 318 g/mol. The van der Waals surface area contributed by atoms with E-state index < -0.39 is 0 Å². The number of hydrazone groups is 1. The van der Waals surface area contributed by atoms with Crippen LogP contribution in [0.4, 0.5) is 5.13 Å². The lowest BCUT2D eigenvalue weighted by atomic mass is 10.2. The summed E-state index contributed by atoms with van der Waals surface area (Å²) in [5.41, 5.74) is 8.59. The number of carbonyl (C=O) groups excluding carboxylic acids is 1. The van der Waals surface area contributed by atoms with Crippen molar-refractivity contribution in [1.29, 1.82) is 0 Å². The van der Waals surface area contributed by atoms with Crippen molar-refractivity contribution in [2.45, 2.75) is 4.34 Å². The van der Waals surface area contributed by atoms with Gasteiger partial charge in [0.1, 0.15) is 0 Å². The fourth-order valence-corrected chi connectivity index (χ4v) is 2.80. The zero-order valence-corrected chi connectivity index (χ0v) is 12.5. The second kappa shape index (κ2) is 7.22. The van der Waals surface area contributed by atoms with Gasteiger partial charge in [-0.05, 0) is 6.07 Å². The lowest BCUT2D eigenvalue weighted by molar-refractivity contribution is -0.118. The number of nitrogens with one attached hydrogen (secondary N) is 1.